The lowest BCUT2D eigenvalue weighted by molar-refractivity contribution is 0.103. The molecule has 0 saturated heterocycles. The van der Waals surface area contributed by atoms with Crippen LogP contribution in [0, 0.1) is 11.6 Å². The molecule has 110 valence electrons. The second-order valence-electron chi connectivity index (χ2n) is 5.75. The number of halogens is 2. The first-order valence-corrected chi connectivity index (χ1v) is 6.96. The second-order valence-corrected chi connectivity index (χ2v) is 5.75. The van der Waals surface area contributed by atoms with Crippen LogP contribution >= 0.6 is 0 Å². The Morgan fingerprint density at radius 2 is 1.67 bits per heavy atom. The quantitative estimate of drug-likeness (QED) is 0.732. The van der Waals surface area contributed by atoms with Crippen LogP contribution in [0.25, 0.3) is 0 Å². The summed E-state index contributed by atoms with van der Waals surface area (Å²) in [6.07, 6.45) is 0.971. The first kappa shape index (κ1) is 15.4. The highest BCUT2D eigenvalue weighted by molar-refractivity contribution is 6.09. The Hall–Kier alpha value is -2.03. The molecule has 0 spiro atoms. The minimum atomic E-state index is -1.10. The van der Waals surface area contributed by atoms with Gasteiger partial charge in [-0.3, -0.25) is 4.79 Å². The summed E-state index contributed by atoms with van der Waals surface area (Å²) in [7, 11) is 0. The summed E-state index contributed by atoms with van der Waals surface area (Å²) in [4.78, 5) is 12.2. The molecular formula is C18H18F2O. The fourth-order valence-corrected chi connectivity index (χ4v) is 2.11. The van der Waals surface area contributed by atoms with Crippen LogP contribution in [0.3, 0.4) is 0 Å². The summed E-state index contributed by atoms with van der Waals surface area (Å²) < 4.78 is 26.9. The molecule has 0 heterocycles. The number of carbonyl (C=O) groups is 1. The Morgan fingerprint density at radius 3 is 2.24 bits per heavy atom. The number of carbonyl (C=O) groups excluding carboxylic acids is 1. The summed E-state index contributed by atoms with van der Waals surface area (Å²) in [6.45, 7) is 6.34. The van der Waals surface area contributed by atoms with Gasteiger partial charge in [0.2, 0.25) is 0 Å². The average Bonchev–Trinajstić information content (AvgIpc) is 2.49. The van der Waals surface area contributed by atoms with E-state index in [0.717, 1.165) is 18.1 Å². The average molecular weight is 288 g/mol. The summed E-state index contributed by atoms with van der Waals surface area (Å²) in [5.41, 5.74) is 1.25. The highest BCUT2D eigenvalue weighted by Crippen LogP contribution is 2.27. The van der Waals surface area contributed by atoms with Gasteiger partial charge in [0.1, 0.15) is 0 Å². The van der Waals surface area contributed by atoms with Crippen molar-refractivity contribution < 1.29 is 13.6 Å². The molecule has 0 unspecified atom stereocenters. The fraction of sp³-hybridized carbons (Fsp3) is 0.278. The van der Waals surface area contributed by atoms with Gasteiger partial charge in [0.25, 0.3) is 0 Å². The van der Waals surface area contributed by atoms with Crippen LogP contribution in [-0.2, 0) is 5.41 Å². The Labute approximate surface area is 123 Å². The van der Waals surface area contributed by atoms with E-state index < -0.39 is 17.4 Å². The Morgan fingerprint density at radius 1 is 1.05 bits per heavy atom. The molecule has 2 aromatic carbocycles. The number of benzene rings is 2. The summed E-state index contributed by atoms with van der Waals surface area (Å²) in [6, 6.07) is 10.7. The largest absolute Gasteiger partial charge is 0.288 e. The molecular weight excluding hydrogens is 270 g/mol. The van der Waals surface area contributed by atoms with Crippen LogP contribution in [0.5, 0.6) is 0 Å². The molecule has 0 bridgehead atoms. The van der Waals surface area contributed by atoms with Crippen molar-refractivity contribution in [1.82, 2.24) is 0 Å². The van der Waals surface area contributed by atoms with Crippen molar-refractivity contribution in [2.24, 2.45) is 0 Å². The van der Waals surface area contributed by atoms with E-state index in [0.29, 0.717) is 5.56 Å². The standard InChI is InChI=1S/C18H18F2O/c1-4-18(2,3)13-10-8-12(9-11-13)17(21)14-6-5-7-15(19)16(14)20/h5-11H,4H2,1-3H3. The van der Waals surface area contributed by atoms with Crippen molar-refractivity contribution >= 4 is 5.78 Å². The molecule has 0 saturated carbocycles. The Kier molecular flexibility index (Phi) is 4.21. The first-order valence-electron chi connectivity index (χ1n) is 6.96. The number of hydrogen-bond donors (Lipinski definition) is 0. The SMILES string of the molecule is CCC(C)(C)c1ccc(C(=O)c2cccc(F)c2F)cc1. The van der Waals surface area contributed by atoms with Crippen molar-refractivity contribution in [3.05, 3.63) is 70.8 Å². The zero-order valence-electron chi connectivity index (χ0n) is 12.4. The van der Waals surface area contributed by atoms with E-state index in [1.807, 2.05) is 12.1 Å². The van der Waals surface area contributed by atoms with Crippen molar-refractivity contribution in [1.29, 1.82) is 0 Å². The monoisotopic (exact) mass is 288 g/mol. The van der Waals surface area contributed by atoms with Crippen LogP contribution in [0.15, 0.2) is 42.5 Å². The van der Waals surface area contributed by atoms with Gasteiger partial charge in [0, 0.05) is 5.56 Å². The third-order valence-electron chi connectivity index (χ3n) is 4.01. The van der Waals surface area contributed by atoms with E-state index in [1.54, 1.807) is 12.1 Å². The third-order valence-corrected chi connectivity index (χ3v) is 4.01. The zero-order valence-corrected chi connectivity index (χ0v) is 12.4. The number of hydrogen-bond acceptors (Lipinski definition) is 1. The predicted octanol–water partition coefficient (Wildman–Crippen LogP) is 4.88. The van der Waals surface area contributed by atoms with Gasteiger partial charge in [-0.2, -0.15) is 0 Å². The van der Waals surface area contributed by atoms with Gasteiger partial charge in [0.05, 0.1) is 5.56 Å². The van der Waals surface area contributed by atoms with E-state index in [-0.39, 0.29) is 11.0 Å². The maximum atomic E-state index is 13.7. The molecule has 0 fully saturated rings. The lowest BCUT2D eigenvalue weighted by Crippen LogP contribution is -2.15. The van der Waals surface area contributed by atoms with E-state index >= 15 is 0 Å². The Balaban J connectivity index is 2.35. The topological polar surface area (TPSA) is 17.1 Å². The lowest BCUT2D eigenvalue weighted by atomic mass is 9.82. The van der Waals surface area contributed by atoms with Crippen LogP contribution in [0.4, 0.5) is 8.78 Å². The molecule has 0 aliphatic rings. The molecule has 2 aromatic rings. The van der Waals surface area contributed by atoms with Gasteiger partial charge in [-0.15, -0.1) is 0 Å². The molecule has 1 nitrogen and oxygen atoms in total. The summed E-state index contributed by atoms with van der Waals surface area (Å²) >= 11 is 0. The summed E-state index contributed by atoms with van der Waals surface area (Å²) in [5.74, 6) is -2.61. The van der Waals surface area contributed by atoms with Gasteiger partial charge in [0.15, 0.2) is 17.4 Å². The van der Waals surface area contributed by atoms with Gasteiger partial charge >= 0.3 is 0 Å². The third kappa shape index (κ3) is 3.02. The lowest BCUT2D eigenvalue weighted by Gasteiger charge is -2.23. The normalized spacial score (nSPS) is 11.5. The van der Waals surface area contributed by atoms with Crippen LogP contribution in [0.2, 0.25) is 0 Å². The van der Waals surface area contributed by atoms with Crippen molar-refractivity contribution in [2.45, 2.75) is 32.6 Å². The molecule has 0 aliphatic carbocycles. The molecule has 21 heavy (non-hydrogen) atoms. The van der Waals surface area contributed by atoms with Crippen molar-refractivity contribution in [2.75, 3.05) is 0 Å². The molecule has 3 heteroatoms. The van der Waals surface area contributed by atoms with E-state index in [4.69, 9.17) is 0 Å². The summed E-state index contributed by atoms with van der Waals surface area (Å²) in [5, 5.41) is 0. The van der Waals surface area contributed by atoms with Gasteiger partial charge in [-0.05, 0) is 29.5 Å². The maximum Gasteiger partial charge on any atom is 0.196 e. The van der Waals surface area contributed by atoms with E-state index in [2.05, 4.69) is 20.8 Å². The van der Waals surface area contributed by atoms with E-state index in [1.165, 1.54) is 12.1 Å². The van der Waals surface area contributed by atoms with E-state index in [9.17, 15) is 13.6 Å². The minimum absolute atomic E-state index is 0.0195. The van der Waals surface area contributed by atoms with Gasteiger partial charge in [-0.25, -0.2) is 8.78 Å². The molecule has 0 radical (unpaired) electrons. The van der Waals surface area contributed by atoms with Gasteiger partial charge in [-0.1, -0.05) is 51.1 Å². The molecule has 0 aromatic heterocycles. The molecule has 0 amide bonds. The highest BCUT2D eigenvalue weighted by Gasteiger charge is 2.20. The smallest absolute Gasteiger partial charge is 0.196 e. The molecule has 0 atom stereocenters. The van der Waals surface area contributed by atoms with Crippen molar-refractivity contribution in [3.8, 4) is 0 Å². The van der Waals surface area contributed by atoms with Crippen molar-refractivity contribution in [3.63, 3.8) is 0 Å². The predicted molar refractivity (Wildman–Crippen MR) is 79.5 cm³/mol. The molecule has 0 N–H and O–H groups in total. The molecule has 2 rings (SSSR count). The number of rotatable bonds is 4. The highest BCUT2D eigenvalue weighted by atomic mass is 19.2. The maximum absolute atomic E-state index is 13.7. The van der Waals surface area contributed by atoms with Gasteiger partial charge < -0.3 is 0 Å². The minimum Gasteiger partial charge on any atom is -0.288 e. The van der Waals surface area contributed by atoms with Crippen LogP contribution in [-0.4, -0.2) is 5.78 Å². The molecule has 0 aliphatic heterocycles. The van der Waals surface area contributed by atoms with Crippen LogP contribution < -0.4 is 0 Å². The fourth-order valence-electron chi connectivity index (χ4n) is 2.11. The Bertz CT molecular complexity index is 657. The first-order chi connectivity index (χ1) is 9.86. The van der Waals surface area contributed by atoms with Crippen LogP contribution in [0.1, 0.15) is 48.7 Å². The zero-order chi connectivity index (χ0) is 15.6. The number of ketones is 1. The second kappa shape index (κ2) is 5.76.